The average Bonchev–Trinajstić information content (AvgIpc) is 3.76. The van der Waals surface area contributed by atoms with Gasteiger partial charge >= 0.3 is 0 Å². The molecule has 2 aromatic carbocycles. The van der Waals surface area contributed by atoms with Crippen LogP contribution in [0.15, 0.2) is 67.1 Å². The highest BCUT2D eigenvalue weighted by Gasteiger charge is 2.18. The van der Waals surface area contributed by atoms with Crippen molar-refractivity contribution in [3.05, 3.63) is 78.5 Å². The van der Waals surface area contributed by atoms with E-state index in [1.54, 1.807) is 12.3 Å². The SMILES string of the molecule is COc1cc(F)cc(-c2nccc3[nH]c(-c4n[nH]c5ccc(-c6cncc(CNCC7CCCC7)c6)cc45)nc23)c1. The van der Waals surface area contributed by atoms with Crippen molar-refractivity contribution in [1.29, 1.82) is 0 Å². The lowest BCUT2D eigenvalue weighted by atomic mass is 10.0. The highest BCUT2D eigenvalue weighted by atomic mass is 19.1. The van der Waals surface area contributed by atoms with Crippen LogP contribution in [0, 0.1) is 11.7 Å². The number of halogens is 1. The van der Waals surface area contributed by atoms with E-state index >= 15 is 0 Å². The second-order valence-corrected chi connectivity index (χ2v) is 10.7. The quantitative estimate of drug-likeness (QED) is 0.197. The van der Waals surface area contributed by atoms with Crippen molar-refractivity contribution in [2.75, 3.05) is 13.7 Å². The number of aromatic nitrogens is 6. The average molecular weight is 548 g/mol. The molecule has 41 heavy (non-hydrogen) atoms. The van der Waals surface area contributed by atoms with E-state index in [4.69, 9.17) is 9.72 Å². The van der Waals surface area contributed by atoms with Gasteiger partial charge in [-0.3, -0.25) is 15.1 Å². The van der Waals surface area contributed by atoms with E-state index < -0.39 is 5.82 Å². The first-order valence-corrected chi connectivity index (χ1v) is 14.0. The fourth-order valence-electron chi connectivity index (χ4n) is 5.83. The third kappa shape index (κ3) is 5.04. The molecular formula is C32H30FN7O. The van der Waals surface area contributed by atoms with Gasteiger partial charge < -0.3 is 15.0 Å². The normalized spacial score (nSPS) is 13.9. The van der Waals surface area contributed by atoms with Gasteiger partial charge in [-0.15, -0.1) is 0 Å². The van der Waals surface area contributed by atoms with E-state index in [-0.39, 0.29) is 0 Å². The Bertz CT molecular complexity index is 1850. The van der Waals surface area contributed by atoms with Gasteiger partial charge in [0.25, 0.3) is 0 Å². The number of hydrogen-bond acceptors (Lipinski definition) is 6. The van der Waals surface area contributed by atoms with E-state index in [1.807, 2.05) is 24.5 Å². The Labute approximate surface area is 236 Å². The zero-order chi connectivity index (χ0) is 27.8. The number of rotatable bonds is 8. The Balaban J connectivity index is 1.21. The summed E-state index contributed by atoms with van der Waals surface area (Å²) >= 11 is 0. The van der Waals surface area contributed by atoms with Crippen molar-refractivity contribution in [1.82, 2.24) is 35.5 Å². The van der Waals surface area contributed by atoms with Crippen LogP contribution < -0.4 is 10.1 Å². The van der Waals surface area contributed by atoms with Crippen LogP contribution in [0.5, 0.6) is 5.75 Å². The fourth-order valence-corrected chi connectivity index (χ4v) is 5.83. The molecule has 1 aliphatic carbocycles. The molecule has 206 valence electrons. The van der Waals surface area contributed by atoms with Gasteiger partial charge in [0, 0.05) is 47.7 Å². The highest BCUT2D eigenvalue weighted by molar-refractivity contribution is 5.97. The summed E-state index contributed by atoms with van der Waals surface area (Å²) in [5, 5.41) is 12.3. The zero-order valence-electron chi connectivity index (χ0n) is 22.7. The number of ether oxygens (including phenoxy) is 1. The van der Waals surface area contributed by atoms with Crippen LogP contribution >= 0.6 is 0 Å². The molecule has 0 atom stereocenters. The Kier molecular flexibility index (Phi) is 6.64. The van der Waals surface area contributed by atoms with Crippen molar-refractivity contribution in [2.24, 2.45) is 5.92 Å². The first-order chi connectivity index (χ1) is 20.1. The minimum atomic E-state index is -0.400. The second-order valence-electron chi connectivity index (χ2n) is 10.7. The van der Waals surface area contributed by atoms with Crippen LogP contribution in [0.1, 0.15) is 31.2 Å². The Hall–Kier alpha value is -4.63. The van der Waals surface area contributed by atoms with E-state index in [1.165, 1.54) is 50.5 Å². The maximum atomic E-state index is 14.3. The van der Waals surface area contributed by atoms with E-state index in [9.17, 15) is 4.39 Å². The molecule has 9 heteroatoms. The molecule has 8 nitrogen and oxygen atoms in total. The number of methoxy groups -OCH3 is 1. The monoisotopic (exact) mass is 547 g/mol. The molecule has 0 bridgehead atoms. The molecule has 4 heterocycles. The van der Waals surface area contributed by atoms with Crippen molar-refractivity contribution in [3.8, 4) is 39.7 Å². The number of pyridine rings is 2. The minimum Gasteiger partial charge on any atom is -0.497 e. The molecule has 0 amide bonds. The third-order valence-electron chi connectivity index (χ3n) is 7.93. The van der Waals surface area contributed by atoms with Crippen molar-refractivity contribution >= 4 is 21.9 Å². The molecule has 1 fully saturated rings. The summed E-state index contributed by atoms with van der Waals surface area (Å²) in [5.74, 6) is 1.42. The van der Waals surface area contributed by atoms with Gasteiger partial charge in [0.2, 0.25) is 0 Å². The minimum absolute atomic E-state index is 0.400. The predicted octanol–water partition coefficient (Wildman–Crippen LogP) is 6.66. The number of nitrogens with zero attached hydrogens (tertiary/aromatic N) is 4. The van der Waals surface area contributed by atoms with Gasteiger partial charge in [-0.25, -0.2) is 9.37 Å². The highest BCUT2D eigenvalue weighted by Crippen LogP contribution is 2.33. The number of fused-ring (bicyclic) bond motifs is 2. The van der Waals surface area contributed by atoms with Gasteiger partial charge in [-0.2, -0.15) is 5.10 Å². The predicted molar refractivity (Wildman–Crippen MR) is 158 cm³/mol. The maximum Gasteiger partial charge on any atom is 0.159 e. The molecule has 3 N–H and O–H groups in total. The molecule has 6 aromatic rings. The lowest BCUT2D eigenvalue weighted by Gasteiger charge is -2.11. The summed E-state index contributed by atoms with van der Waals surface area (Å²) in [6.07, 6.45) is 10.9. The summed E-state index contributed by atoms with van der Waals surface area (Å²) < 4.78 is 19.5. The molecule has 0 unspecified atom stereocenters. The molecule has 0 aliphatic heterocycles. The smallest absolute Gasteiger partial charge is 0.159 e. The number of hydrogen-bond donors (Lipinski definition) is 3. The topological polar surface area (TPSA) is 104 Å². The Morgan fingerprint density at radius 1 is 0.951 bits per heavy atom. The Morgan fingerprint density at radius 3 is 2.73 bits per heavy atom. The van der Waals surface area contributed by atoms with Gasteiger partial charge in [0.05, 0.1) is 23.8 Å². The first-order valence-electron chi connectivity index (χ1n) is 14.0. The first kappa shape index (κ1) is 25.3. The molecule has 7 rings (SSSR count). The summed E-state index contributed by atoms with van der Waals surface area (Å²) in [6, 6.07) is 14.8. The summed E-state index contributed by atoms with van der Waals surface area (Å²) in [5.41, 5.74) is 7.43. The Morgan fingerprint density at radius 2 is 1.85 bits per heavy atom. The summed E-state index contributed by atoms with van der Waals surface area (Å²) in [4.78, 5) is 17.3. The fraction of sp³-hybridized carbons (Fsp3) is 0.250. The number of imidazole rings is 1. The molecule has 0 spiro atoms. The number of nitrogens with one attached hydrogen (secondary N) is 3. The number of aromatic amines is 2. The van der Waals surface area contributed by atoms with Gasteiger partial charge in [-0.05, 0) is 72.8 Å². The molecule has 0 radical (unpaired) electrons. The molecule has 1 aliphatic rings. The van der Waals surface area contributed by atoms with Crippen molar-refractivity contribution in [2.45, 2.75) is 32.2 Å². The standard InChI is InChI=1S/C32H30FN7O/c1-41-25-12-22(11-24(33)14-25)29-31-28(8-9-36-29)37-32(38-31)30-26-13-21(6-7-27(26)39-40-30)23-10-20(17-35-18-23)16-34-15-19-4-2-3-5-19/h6-14,17-19,34H,2-5,15-16H2,1H3,(H,37,38)(H,39,40). The molecule has 1 saturated carbocycles. The van der Waals surface area contributed by atoms with E-state index in [0.29, 0.717) is 34.0 Å². The van der Waals surface area contributed by atoms with Gasteiger partial charge in [0.15, 0.2) is 5.82 Å². The maximum absolute atomic E-state index is 14.3. The number of H-pyrrole nitrogens is 2. The van der Waals surface area contributed by atoms with Crippen LogP contribution in [-0.4, -0.2) is 43.8 Å². The van der Waals surface area contributed by atoms with Crippen molar-refractivity contribution < 1.29 is 9.13 Å². The zero-order valence-corrected chi connectivity index (χ0v) is 22.7. The van der Waals surface area contributed by atoms with E-state index in [2.05, 4.69) is 48.7 Å². The van der Waals surface area contributed by atoms with Crippen LogP contribution in [0.4, 0.5) is 4.39 Å². The van der Waals surface area contributed by atoms with Gasteiger partial charge in [-0.1, -0.05) is 18.9 Å². The second kappa shape index (κ2) is 10.7. The van der Waals surface area contributed by atoms with E-state index in [0.717, 1.165) is 46.6 Å². The lowest BCUT2D eigenvalue weighted by Crippen LogP contribution is -2.20. The molecular weight excluding hydrogens is 517 g/mol. The molecule has 0 saturated heterocycles. The van der Waals surface area contributed by atoms with Crippen molar-refractivity contribution in [3.63, 3.8) is 0 Å². The van der Waals surface area contributed by atoms with Crippen LogP contribution in [0.3, 0.4) is 0 Å². The number of benzene rings is 2. The van der Waals surface area contributed by atoms with Crippen LogP contribution in [0.2, 0.25) is 0 Å². The van der Waals surface area contributed by atoms with Crippen LogP contribution in [0.25, 0.3) is 55.8 Å². The van der Waals surface area contributed by atoms with Crippen LogP contribution in [-0.2, 0) is 6.54 Å². The largest absolute Gasteiger partial charge is 0.497 e. The lowest BCUT2D eigenvalue weighted by molar-refractivity contribution is 0.411. The summed E-state index contributed by atoms with van der Waals surface area (Å²) in [6.45, 7) is 1.87. The summed E-state index contributed by atoms with van der Waals surface area (Å²) in [7, 11) is 1.51. The molecule has 4 aromatic heterocycles. The van der Waals surface area contributed by atoms with Gasteiger partial charge in [0.1, 0.15) is 22.8 Å². The third-order valence-corrected chi connectivity index (χ3v) is 7.93.